The third-order valence-corrected chi connectivity index (χ3v) is 7.02. The number of rotatable bonds is 6. The number of aromatic nitrogens is 1. The lowest BCUT2D eigenvalue weighted by atomic mass is 10.1. The maximum atomic E-state index is 13.1. The highest BCUT2D eigenvalue weighted by atomic mass is 16.5. The zero-order chi connectivity index (χ0) is 26.8. The Bertz CT molecular complexity index is 1360. The van der Waals surface area contributed by atoms with Crippen LogP contribution in [0.5, 0.6) is 5.75 Å². The van der Waals surface area contributed by atoms with Crippen molar-refractivity contribution in [2.45, 2.75) is 32.3 Å². The number of anilines is 5. The van der Waals surface area contributed by atoms with E-state index in [1.54, 1.807) is 35.2 Å². The summed E-state index contributed by atoms with van der Waals surface area (Å²) in [5.41, 5.74) is 4.17. The molecule has 0 radical (unpaired) electrons. The van der Waals surface area contributed by atoms with Crippen molar-refractivity contribution < 1.29 is 19.4 Å². The Labute approximate surface area is 222 Å². The van der Waals surface area contributed by atoms with Gasteiger partial charge >= 0.3 is 0 Å². The van der Waals surface area contributed by atoms with Gasteiger partial charge in [0.05, 0.1) is 47.2 Å². The minimum absolute atomic E-state index is 0.0922. The number of nitrogens with zero attached hydrogens (tertiary/aromatic N) is 4. The number of hydrogen-bond donors (Lipinski definition) is 2. The van der Waals surface area contributed by atoms with Gasteiger partial charge in [-0.2, -0.15) is 0 Å². The van der Waals surface area contributed by atoms with E-state index in [0.717, 1.165) is 30.6 Å². The van der Waals surface area contributed by atoms with E-state index in [4.69, 9.17) is 4.74 Å². The number of amides is 2. The smallest absolute Gasteiger partial charge is 0.260 e. The summed E-state index contributed by atoms with van der Waals surface area (Å²) in [6.45, 7) is 3.50. The lowest BCUT2D eigenvalue weighted by molar-refractivity contribution is 0.0473. The molecule has 1 atom stereocenters. The normalized spacial score (nSPS) is 17.0. The first-order chi connectivity index (χ1) is 18.4. The highest BCUT2D eigenvalue weighted by Crippen LogP contribution is 2.40. The second-order valence-electron chi connectivity index (χ2n) is 9.73. The molecule has 1 aromatic heterocycles. The molecule has 1 fully saturated rings. The maximum absolute atomic E-state index is 13.1. The topological polar surface area (TPSA) is 98.2 Å². The predicted molar refractivity (Wildman–Crippen MR) is 148 cm³/mol. The standard InChI is InChI=1S/C29H33N5O4/c1-4-14-38-26-15-19(28(36)34-13-7-8-20(35)18-34)11-12-22(26)31-27-16-24-25(17-30-27)33(3)29(37)21-9-5-6-10-23(21)32(24)2/h5-6,9-12,15-17,20,35H,4,7-8,13-14,18H2,1-3H3,(H,30,31)/t20-/m0/s1. The van der Waals surface area contributed by atoms with Gasteiger partial charge in [-0.05, 0) is 49.6 Å². The van der Waals surface area contributed by atoms with Gasteiger partial charge in [0.2, 0.25) is 0 Å². The van der Waals surface area contributed by atoms with E-state index in [-0.39, 0.29) is 11.8 Å². The SMILES string of the molecule is CCCOc1cc(C(=O)N2CCC[C@H](O)C2)ccc1Nc1cc2c(cn1)N(C)C(=O)c1ccccc1N2C. The van der Waals surface area contributed by atoms with Crippen LogP contribution in [-0.2, 0) is 0 Å². The van der Waals surface area contributed by atoms with Crippen molar-refractivity contribution in [2.24, 2.45) is 0 Å². The van der Waals surface area contributed by atoms with Crippen molar-refractivity contribution in [3.63, 3.8) is 0 Å². The number of nitrogens with one attached hydrogen (secondary N) is 1. The van der Waals surface area contributed by atoms with Crippen molar-refractivity contribution >= 4 is 40.4 Å². The predicted octanol–water partition coefficient (Wildman–Crippen LogP) is 4.57. The molecule has 1 saturated heterocycles. The molecule has 0 bridgehead atoms. The molecule has 5 rings (SSSR count). The maximum Gasteiger partial charge on any atom is 0.260 e. The van der Waals surface area contributed by atoms with Gasteiger partial charge in [0.25, 0.3) is 11.8 Å². The zero-order valence-corrected chi connectivity index (χ0v) is 22.0. The average Bonchev–Trinajstić information content (AvgIpc) is 3.01. The van der Waals surface area contributed by atoms with E-state index < -0.39 is 6.10 Å². The van der Waals surface area contributed by atoms with E-state index >= 15 is 0 Å². The Morgan fingerprint density at radius 1 is 1.11 bits per heavy atom. The third-order valence-electron chi connectivity index (χ3n) is 7.02. The molecule has 9 nitrogen and oxygen atoms in total. The number of aliphatic hydroxyl groups excluding tert-OH is 1. The summed E-state index contributed by atoms with van der Waals surface area (Å²) < 4.78 is 6.02. The molecule has 3 aromatic rings. The molecule has 0 spiro atoms. The summed E-state index contributed by atoms with van der Waals surface area (Å²) in [5, 5.41) is 13.3. The van der Waals surface area contributed by atoms with E-state index in [0.29, 0.717) is 53.8 Å². The van der Waals surface area contributed by atoms with Crippen molar-refractivity contribution in [3.05, 3.63) is 65.9 Å². The van der Waals surface area contributed by atoms with Crippen LogP contribution in [0.3, 0.4) is 0 Å². The highest BCUT2D eigenvalue weighted by Gasteiger charge is 2.28. The molecule has 2 N–H and O–H groups in total. The molecule has 0 unspecified atom stereocenters. The Morgan fingerprint density at radius 2 is 1.92 bits per heavy atom. The zero-order valence-electron chi connectivity index (χ0n) is 22.0. The Hall–Kier alpha value is -4.11. The van der Waals surface area contributed by atoms with Gasteiger partial charge in [0, 0.05) is 38.8 Å². The molecule has 9 heteroatoms. The number of piperidine rings is 1. The summed E-state index contributed by atoms with van der Waals surface area (Å²) in [5.74, 6) is 0.923. The van der Waals surface area contributed by atoms with Crippen LogP contribution >= 0.6 is 0 Å². The number of pyridine rings is 1. The molecule has 0 saturated carbocycles. The minimum Gasteiger partial charge on any atom is -0.491 e. The van der Waals surface area contributed by atoms with Gasteiger partial charge in [0.1, 0.15) is 11.6 Å². The Kier molecular flexibility index (Phi) is 7.20. The molecule has 2 aliphatic heterocycles. The average molecular weight is 516 g/mol. The molecule has 3 heterocycles. The number of aliphatic hydroxyl groups is 1. The molecule has 198 valence electrons. The van der Waals surface area contributed by atoms with Crippen LogP contribution in [0.15, 0.2) is 54.7 Å². The van der Waals surface area contributed by atoms with Crippen LogP contribution < -0.4 is 19.9 Å². The number of β-amino-alcohol motifs (C(OH)–C–C–N with tert-alkyl or cyclic N) is 1. The number of para-hydroxylation sites is 1. The fourth-order valence-electron chi connectivity index (χ4n) is 4.95. The fourth-order valence-corrected chi connectivity index (χ4v) is 4.95. The summed E-state index contributed by atoms with van der Waals surface area (Å²) >= 11 is 0. The largest absolute Gasteiger partial charge is 0.491 e. The number of benzene rings is 2. The summed E-state index contributed by atoms with van der Waals surface area (Å²) in [7, 11) is 3.68. The van der Waals surface area contributed by atoms with E-state index in [1.165, 1.54) is 0 Å². The summed E-state index contributed by atoms with van der Waals surface area (Å²) in [4.78, 5) is 36.1. The molecule has 0 aliphatic carbocycles. The van der Waals surface area contributed by atoms with E-state index in [1.807, 2.05) is 55.3 Å². The first-order valence-electron chi connectivity index (χ1n) is 13.0. The first kappa shape index (κ1) is 25.5. The summed E-state index contributed by atoms with van der Waals surface area (Å²) in [6, 6.07) is 14.8. The fraction of sp³-hybridized carbons (Fsp3) is 0.345. The van der Waals surface area contributed by atoms with Gasteiger partial charge in [-0.15, -0.1) is 0 Å². The Morgan fingerprint density at radius 3 is 2.71 bits per heavy atom. The molecule has 2 aliphatic rings. The monoisotopic (exact) mass is 515 g/mol. The molecule has 2 amide bonds. The quantitative estimate of drug-likeness (QED) is 0.496. The number of hydrogen-bond acceptors (Lipinski definition) is 7. The Balaban J connectivity index is 1.45. The van der Waals surface area contributed by atoms with Gasteiger partial charge in [0.15, 0.2) is 0 Å². The van der Waals surface area contributed by atoms with E-state index in [2.05, 4.69) is 10.3 Å². The van der Waals surface area contributed by atoms with Gasteiger partial charge < -0.3 is 29.9 Å². The number of ether oxygens (including phenoxy) is 1. The number of carbonyl (C=O) groups excluding carboxylic acids is 2. The molecule has 2 aromatic carbocycles. The second kappa shape index (κ2) is 10.7. The lowest BCUT2D eigenvalue weighted by Gasteiger charge is -2.30. The third kappa shape index (κ3) is 4.89. The lowest BCUT2D eigenvalue weighted by Crippen LogP contribution is -2.42. The second-order valence-corrected chi connectivity index (χ2v) is 9.73. The van der Waals surface area contributed by atoms with Gasteiger partial charge in [-0.1, -0.05) is 19.1 Å². The first-order valence-corrected chi connectivity index (χ1v) is 13.0. The minimum atomic E-state index is -0.483. The van der Waals surface area contributed by atoms with Gasteiger partial charge in [-0.25, -0.2) is 4.98 Å². The number of carbonyl (C=O) groups is 2. The van der Waals surface area contributed by atoms with Crippen LogP contribution in [-0.4, -0.2) is 66.7 Å². The number of likely N-dealkylation sites (tertiary alicyclic amines) is 1. The van der Waals surface area contributed by atoms with E-state index in [9.17, 15) is 14.7 Å². The number of fused-ring (bicyclic) bond motifs is 2. The van der Waals surface area contributed by atoms with Crippen LogP contribution in [0.2, 0.25) is 0 Å². The van der Waals surface area contributed by atoms with Crippen LogP contribution in [0, 0.1) is 0 Å². The van der Waals surface area contributed by atoms with Crippen molar-refractivity contribution in [1.29, 1.82) is 0 Å². The highest BCUT2D eigenvalue weighted by molar-refractivity contribution is 6.13. The van der Waals surface area contributed by atoms with Gasteiger partial charge in [-0.3, -0.25) is 9.59 Å². The van der Waals surface area contributed by atoms with Crippen LogP contribution in [0.25, 0.3) is 0 Å². The van der Waals surface area contributed by atoms with Crippen molar-refractivity contribution in [1.82, 2.24) is 9.88 Å². The van der Waals surface area contributed by atoms with Crippen molar-refractivity contribution in [3.8, 4) is 5.75 Å². The van der Waals surface area contributed by atoms with Crippen LogP contribution in [0.1, 0.15) is 46.9 Å². The van der Waals surface area contributed by atoms with Crippen LogP contribution in [0.4, 0.5) is 28.6 Å². The molecule has 38 heavy (non-hydrogen) atoms. The molecular weight excluding hydrogens is 482 g/mol. The molecular formula is C29H33N5O4. The van der Waals surface area contributed by atoms with Crippen molar-refractivity contribution in [2.75, 3.05) is 48.9 Å². The summed E-state index contributed by atoms with van der Waals surface area (Å²) in [6.07, 6.45) is 3.52.